The molecule has 1 heterocycles. The van der Waals surface area contributed by atoms with Crippen molar-refractivity contribution in [1.82, 2.24) is 9.97 Å². The van der Waals surface area contributed by atoms with E-state index in [2.05, 4.69) is 43.1 Å². The van der Waals surface area contributed by atoms with Crippen molar-refractivity contribution in [2.24, 2.45) is 5.84 Å². The average molecular weight is 249 g/mol. The number of hydrogen-bond donors (Lipinski definition) is 2. The highest BCUT2D eigenvalue weighted by Gasteiger charge is 2.30. The van der Waals surface area contributed by atoms with E-state index in [1.54, 1.807) is 0 Å². The summed E-state index contributed by atoms with van der Waals surface area (Å²) in [5.74, 6) is 8.10. The molecule has 0 unspecified atom stereocenters. The molecule has 0 aliphatic heterocycles. The first-order chi connectivity index (χ1) is 8.34. The maximum Gasteiger partial charge on any atom is 0.148 e. The number of nitrogen functional groups attached to an aromatic ring is 1. The Morgan fingerprint density at radius 1 is 1.28 bits per heavy atom. The number of nitrogens with one attached hydrogen (secondary N) is 1. The summed E-state index contributed by atoms with van der Waals surface area (Å²) in [6.07, 6.45) is 2.49. The van der Waals surface area contributed by atoms with Gasteiger partial charge in [0.25, 0.3) is 0 Å². The number of rotatable bonds is 3. The van der Waals surface area contributed by atoms with E-state index in [9.17, 15) is 0 Å². The summed E-state index contributed by atoms with van der Waals surface area (Å²) >= 11 is 0. The molecule has 1 fully saturated rings. The fourth-order valence-corrected chi connectivity index (χ4v) is 1.96. The van der Waals surface area contributed by atoms with Gasteiger partial charge in [0.05, 0.1) is 0 Å². The largest absolute Gasteiger partial charge is 0.356 e. The third-order valence-corrected chi connectivity index (χ3v) is 3.36. The van der Waals surface area contributed by atoms with Gasteiger partial charge in [0.1, 0.15) is 17.5 Å². The predicted molar refractivity (Wildman–Crippen MR) is 74.7 cm³/mol. The first kappa shape index (κ1) is 13.1. The molecule has 2 rings (SSSR count). The maximum atomic E-state index is 5.56. The molecule has 100 valence electrons. The Hall–Kier alpha value is -1.36. The highest BCUT2D eigenvalue weighted by atomic mass is 15.3. The minimum atomic E-state index is -0.0849. The smallest absolute Gasteiger partial charge is 0.148 e. The van der Waals surface area contributed by atoms with Crippen molar-refractivity contribution in [3.63, 3.8) is 0 Å². The number of hydrazine groups is 1. The normalized spacial score (nSPS) is 15.7. The van der Waals surface area contributed by atoms with Crippen LogP contribution in [0.1, 0.15) is 45.0 Å². The van der Waals surface area contributed by atoms with Gasteiger partial charge in [-0.3, -0.25) is 0 Å². The van der Waals surface area contributed by atoms with Crippen LogP contribution in [0.25, 0.3) is 0 Å². The number of nitrogens with two attached hydrogens (primary N) is 1. The Morgan fingerprint density at radius 2 is 1.89 bits per heavy atom. The molecule has 5 nitrogen and oxygen atoms in total. The molecule has 5 heteroatoms. The zero-order chi connectivity index (χ0) is 13.5. The molecule has 1 aromatic rings. The molecule has 3 N–H and O–H groups in total. The van der Waals surface area contributed by atoms with Crippen LogP contribution in [-0.4, -0.2) is 23.1 Å². The molecule has 0 bridgehead atoms. The number of aromatic nitrogens is 2. The van der Waals surface area contributed by atoms with Crippen molar-refractivity contribution in [1.29, 1.82) is 0 Å². The van der Waals surface area contributed by atoms with Gasteiger partial charge in [0, 0.05) is 24.1 Å². The monoisotopic (exact) mass is 249 g/mol. The summed E-state index contributed by atoms with van der Waals surface area (Å²) in [6.45, 7) is 8.34. The molecule has 1 aliphatic rings. The predicted octanol–water partition coefficient (Wildman–Crippen LogP) is 1.97. The second-order valence-corrected chi connectivity index (χ2v) is 6.08. The molecule has 0 aromatic carbocycles. The number of anilines is 2. The standard InChI is InChI=1S/C13H23N5/c1-8-10(17-14)15-12(13(2,3)4)16-11(8)18(5)9-6-7-9/h9H,6-7,14H2,1-5H3,(H,15,16,17). The Balaban J connectivity index is 2.49. The van der Waals surface area contributed by atoms with E-state index in [4.69, 9.17) is 10.8 Å². The number of nitrogens with zero attached hydrogens (tertiary/aromatic N) is 3. The summed E-state index contributed by atoms with van der Waals surface area (Å²) in [5.41, 5.74) is 3.61. The first-order valence-corrected chi connectivity index (χ1v) is 6.43. The van der Waals surface area contributed by atoms with Crippen LogP contribution in [0.5, 0.6) is 0 Å². The molecule has 18 heavy (non-hydrogen) atoms. The van der Waals surface area contributed by atoms with Crippen molar-refractivity contribution in [3.05, 3.63) is 11.4 Å². The number of hydrogen-bond acceptors (Lipinski definition) is 5. The molecule has 0 spiro atoms. The lowest BCUT2D eigenvalue weighted by molar-refractivity contribution is 0.544. The van der Waals surface area contributed by atoms with Crippen LogP contribution in [0.3, 0.4) is 0 Å². The van der Waals surface area contributed by atoms with Gasteiger partial charge in [0.2, 0.25) is 0 Å². The summed E-state index contributed by atoms with van der Waals surface area (Å²) < 4.78 is 0. The van der Waals surface area contributed by atoms with E-state index >= 15 is 0 Å². The van der Waals surface area contributed by atoms with Crippen LogP contribution >= 0.6 is 0 Å². The lowest BCUT2D eigenvalue weighted by Crippen LogP contribution is -2.26. The van der Waals surface area contributed by atoms with Crippen LogP contribution in [0.15, 0.2) is 0 Å². The summed E-state index contributed by atoms with van der Waals surface area (Å²) in [4.78, 5) is 11.5. The van der Waals surface area contributed by atoms with Crippen molar-refractivity contribution >= 4 is 11.6 Å². The molecular weight excluding hydrogens is 226 g/mol. The Labute approximate surface area is 109 Å². The molecule has 1 aromatic heterocycles. The first-order valence-electron chi connectivity index (χ1n) is 6.43. The molecular formula is C13H23N5. The van der Waals surface area contributed by atoms with Gasteiger partial charge in [-0.15, -0.1) is 0 Å². The van der Waals surface area contributed by atoms with Crippen LogP contribution in [0, 0.1) is 6.92 Å². The lowest BCUT2D eigenvalue weighted by atomic mass is 9.95. The van der Waals surface area contributed by atoms with Gasteiger partial charge in [-0.25, -0.2) is 15.8 Å². The van der Waals surface area contributed by atoms with Crippen LogP contribution in [0.4, 0.5) is 11.6 Å². The van der Waals surface area contributed by atoms with E-state index in [-0.39, 0.29) is 5.41 Å². The van der Waals surface area contributed by atoms with Crippen LogP contribution < -0.4 is 16.2 Å². The molecule has 1 saturated carbocycles. The summed E-state index contributed by atoms with van der Waals surface area (Å²) in [6, 6.07) is 0.622. The zero-order valence-electron chi connectivity index (χ0n) is 11.9. The van der Waals surface area contributed by atoms with E-state index in [0.29, 0.717) is 6.04 Å². The molecule has 1 aliphatic carbocycles. The molecule has 0 atom stereocenters. The van der Waals surface area contributed by atoms with Crippen LogP contribution in [0.2, 0.25) is 0 Å². The molecule has 0 saturated heterocycles. The topological polar surface area (TPSA) is 67.1 Å². The fourth-order valence-electron chi connectivity index (χ4n) is 1.96. The van der Waals surface area contributed by atoms with E-state index in [1.165, 1.54) is 12.8 Å². The quantitative estimate of drug-likeness (QED) is 0.633. The molecule has 0 radical (unpaired) electrons. The average Bonchev–Trinajstić information content (AvgIpc) is 3.10. The maximum absolute atomic E-state index is 5.56. The molecule has 0 amide bonds. The second-order valence-electron chi connectivity index (χ2n) is 6.08. The van der Waals surface area contributed by atoms with Gasteiger partial charge < -0.3 is 10.3 Å². The minimum Gasteiger partial charge on any atom is -0.356 e. The van der Waals surface area contributed by atoms with Gasteiger partial charge in [0.15, 0.2) is 0 Å². The fraction of sp³-hybridized carbons (Fsp3) is 0.692. The van der Waals surface area contributed by atoms with Crippen molar-refractivity contribution in [2.75, 3.05) is 17.4 Å². The summed E-state index contributed by atoms with van der Waals surface area (Å²) in [5, 5.41) is 0. The SMILES string of the molecule is Cc1c(NN)nc(C(C)(C)C)nc1N(C)C1CC1. The Kier molecular flexibility index (Phi) is 3.19. The Morgan fingerprint density at radius 3 is 2.33 bits per heavy atom. The minimum absolute atomic E-state index is 0.0849. The van der Waals surface area contributed by atoms with E-state index in [1.807, 2.05) is 6.92 Å². The zero-order valence-corrected chi connectivity index (χ0v) is 11.9. The van der Waals surface area contributed by atoms with E-state index in [0.717, 1.165) is 23.0 Å². The van der Waals surface area contributed by atoms with Gasteiger partial charge in [-0.1, -0.05) is 20.8 Å². The van der Waals surface area contributed by atoms with Crippen molar-refractivity contribution < 1.29 is 0 Å². The second kappa shape index (κ2) is 4.39. The summed E-state index contributed by atoms with van der Waals surface area (Å²) in [7, 11) is 2.10. The lowest BCUT2D eigenvalue weighted by Gasteiger charge is -2.25. The van der Waals surface area contributed by atoms with Gasteiger partial charge in [-0.2, -0.15) is 0 Å². The third-order valence-electron chi connectivity index (χ3n) is 3.36. The van der Waals surface area contributed by atoms with Crippen molar-refractivity contribution in [3.8, 4) is 0 Å². The highest BCUT2D eigenvalue weighted by Crippen LogP contribution is 2.34. The Bertz CT molecular complexity index is 445. The third kappa shape index (κ3) is 2.41. The van der Waals surface area contributed by atoms with Crippen LogP contribution in [-0.2, 0) is 5.41 Å². The van der Waals surface area contributed by atoms with Gasteiger partial charge in [-0.05, 0) is 19.8 Å². The van der Waals surface area contributed by atoms with Gasteiger partial charge >= 0.3 is 0 Å². The van der Waals surface area contributed by atoms with E-state index < -0.39 is 0 Å². The highest BCUT2D eigenvalue weighted by molar-refractivity contribution is 5.59. The van der Waals surface area contributed by atoms with Crippen molar-refractivity contribution in [2.45, 2.75) is 52.0 Å².